The van der Waals surface area contributed by atoms with E-state index in [2.05, 4.69) is 10.2 Å². The highest BCUT2D eigenvalue weighted by Crippen LogP contribution is 2.33. The largest absolute Gasteiger partial charge is 0.417 e. The predicted molar refractivity (Wildman–Crippen MR) is 65.7 cm³/mol. The molecular weight excluding hydrogens is 255 g/mol. The molecule has 1 fully saturated rings. The SMILES string of the molecule is CN1CCC(Nc2ccc(C#N)c(C(F)(F)F)c2)C1. The smallest absolute Gasteiger partial charge is 0.381 e. The number of alkyl halides is 3. The highest BCUT2D eigenvalue weighted by atomic mass is 19.4. The second-order valence-electron chi connectivity index (χ2n) is 4.76. The Morgan fingerprint density at radius 2 is 2.16 bits per heavy atom. The maximum Gasteiger partial charge on any atom is 0.417 e. The number of hydrogen-bond acceptors (Lipinski definition) is 3. The Bertz CT molecular complexity index is 505. The average Bonchev–Trinajstić information content (AvgIpc) is 2.73. The van der Waals surface area contributed by atoms with Crippen LogP contribution in [0.3, 0.4) is 0 Å². The van der Waals surface area contributed by atoms with Gasteiger partial charge in [-0.25, -0.2) is 0 Å². The number of nitriles is 1. The van der Waals surface area contributed by atoms with Crippen LogP contribution in [0.25, 0.3) is 0 Å². The second-order valence-corrected chi connectivity index (χ2v) is 4.76. The Morgan fingerprint density at radius 3 is 2.68 bits per heavy atom. The first-order chi connectivity index (χ1) is 8.90. The van der Waals surface area contributed by atoms with E-state index in [0.717, 1.165) is 25.6 Å². The lowest BCUT2D eigenvalue weighted by Crippen LogP contribution is -2.23. The van der Waals surface area contributed by atoms with Gasteiger partial charge in [0.1, 0.15) is 0 Å². The summed E-state index contributed by atoms with van der Waals surface area (Å²) in [5, 5.41) is 11.8. The van der Waals surface area contributed by atoms with E-state index in [0.29, 0.717) is 5.69 Å². The van der Waals surface area contributed by atoms with Crippen molar-refractivity contribution < 1.29 is 13.2 Å². The van der Waals surface area contributed by atoms with Gasteiger partial charge in [-0.15, -0.1) is 0 Å². The lowest BCUT2D eigenvalue weighted by atomic mass is 10.1. The van der Waals surface area contributed by atoms with E-state index in [1.807, 2.05) is 7.05 Å². The number of anilines is 1. The maximum absolute atomic E-state index is 12.8. The minimum absolute atomic E-state index is 0.152. The molecule has 0 aliphatic carbocycles. The summed E-state index contributed by atoms with van der Waals surface area (Å²) in [4.78, 5) is 2.12. The summed E-state index contributed by atoms with van der Waals surface area (Å²) in [6.45, 7) is 1.74. The van der Waals surface area contributed by atoms with Gasteiger partial charge in [-0.05, 0) is 38.2 Å². The van der Waals surface area contributed by atoms with Gasteiger partial charge in [0.25, 0.3) is 0 Å². The van der Waals surface area contributed by atoms with Crippen molar-refractivity contribution in [2.75, 3.05) is 25.5 Å². The number of hydrogen-bond donors (Lipinski definition) is 1. The zero-order valence-corrected chi connectivity index (χ0v) is 10.5. The van der Waals surface area contributed by atoms with Crippen LogP contribution in [0.4, 0.5) is 18.9 Å². The van der Waals surface area contributed by atoms with Crippen molar-refractivity contribution >= 4 is 5.69 Å². The summed E-state index contributed by atoms with van der Waals surface area (Å²) in [7, 11) is 1.97. The summed E-state index contributed by atoms with van der Waals surface area (Å²) >= 11 is 0. The van der Waals surface area contributed by atoms with Gasteiger partial charge >= 0.3 is 6.18 Å². The van der Waals surface area contributed by atoms with Crippen LogP contribution < -0.4 is 5.32 Å². The van der Waals surface area contributed by atoms with Crippen molar-refractivity contribution in [3.63, 3.8) is 0 Å². The number of rotatable bonds is 2. The Kier molecular flexibility index (Phi) is 3.67. The van der Waals surface area contributed by atoms with Gasteiger partial charge in [0.15, 0.2) is 0 Å². The van der Waals surface area contributed by atoms with Crippen LogP contribution >= 0.6 is 0 Å². The summed E-state index contributed by atoms with van der Waals surface area (Å²) in [5.41, 5.74) is -0.820. The molecule has 1 unspecified atom stereocenters. The number of nitrogens with one attached hydrogen (secondary N) is 1. The maximum atomic E-state index is 12.8. The molecule has 1 aliphatic rings. The fraction of sp³-hybridized carbons (Fsp3) is 0.462. The van der Waals surface area contributed by atoms with Crippen LogP contribution in [-0.4, -0.2) is 31.1 Å². The lowest BCUT2D eigenvalue weighted by Gasteiger charge is -2.16. The zero-order valence-electron chi connectivity index (χ0n) is 10.5. The molecule has 2 rings (SSSR count). The van der Waals surface area contributed by atoms with Gasteiger partial charge in [-0.2, -0.15) is 18.4 Å². The average molecular weight is 269 g/mol. The molecule has 1 saturated heterocycles. The Hall–Kier alpha value is -1.74. The third kappa shape index (κ3) is 3.18. The van der Waals surface area contributed by atoms with E-state index in [1.165, 1.54) is 12.1 Å². The normalized spacial score (nSPS) is 20.3. The molecule has 19 heavy (non-hydrogen) atoms. The summed E-state index contributed by atoms with van der Waals surface area (Å²) in [6, 6.07) is 5.47. The van der Waals surface area contributed by atoms with Crippen molar-refractivity contribution in [1.82, 2.24) is 4.90 Å². The minimum atomic E-state index is -4.50. The number of halogens is 3. The van der Waals surface area contributed by atoms with Gasteiger partial charge in [0, 0.05) is 18.3 Å². The number of nitrogens with zero attached hydrogens (tertiary/aromatic N) is 2. The van der Waals surface area contributed by atoms with E-state index in [4.69, 9.17) is 5.26 Å². The molecule has 6 heteroatoms. The molecule has 1 aromatic rings. The van der Waals surface area contributed by atoms with Crippen molar-refractivity contribution in [3.05, 3.63) is 29.3 Å². The number of likely N-dealkylation sites (tertiary alicyclic amines) is 1. The van der Waals surface area contributed by atoms with E-state index in [1.54, 1.807) is 6.07 Å². The van der Waals surface area contributed by atoms with Gasteiger partial charge in [-0.3, -0.25) is 0 Å². The van der Waals surface area contributed by atoms with Crippen molar-refractivity contribution in [3.8, 4) is 6.07 Å². The third-order valence-electron chi connectivity index (χ3n) is 3.21. The molecule has 1 heterocycles. The Morgan fingerprint density at radius 1 is 1.42 bits per heavy atom. The monoisotopic (exact) mass is 269 g/mol. The molecule has 0 saturated carbocycles. The van der Waals surface area contributed by atoms with Gasteiger partial charge in [-0.1, -0.05) is 0 Å². The first-order valence-electron chi connectivity index (χ1n) is 5.96. The molecule has 0 radical (unpaired) electrons. The molecule has 1 N–H and O–H groups in total. The first kappa shape index (κ1) is 13.7. The van der Waals surface area contributed by atoms with Crippen LogP contribution in [0.1, 0.15) is 17.5 Å². The van der Waals surface area contributed by atoms with E-state index in [9.17, 15) is 13.2 Å². The van der Waals surface area contributed by atoms with E-state index >= 15 is 0 Å². The third-order valence-corrected chi connectivity index (χ3v) is 3.21. The Balaban J connectivity index is 2.21. The molecular formula is C13H14F3N3. The van der Waals surface area contributed by atoms with E-state index < -0.39 is 11.7 Å². The van der Waals surface area contributed by atoms with Crippen molar-refractivity contribution in [2.45, 2.75) is 18.6 Å². The molecule has 1 aromatic carbocycles. The van der Waals surface area contributed by atoms with Gasteiger partial charge in [0.05, 0.1) is 17.2 Å². The highest BCUT2D eigenvalue weighted by Gasteiger charge is 2.34. The van der Waals surface area contributed by atoms with Gasteiger partial charge in [0.2, 0.25) is 0 Å². The summed E-state index contributed by atoms with van der Waals surface area (Å²) in [6.07, 6.45) is -3.60. The molecule has 3 nitrogen and oxygen atoms in total. The van der Waals surface area contributed by atoms with Crippen LogP contribution in [0.2, 0.25) is 0 Å². The molecule has 0 spiro atoms. The number of benzene rings is 1. The van der Waals surface area contributed by atoms with Crippen LogP contribution in [0.5, 0.6) is 0 Å². The highest BCUT2D eigenvalue weighted by molar-refractivity contribution is 5.53. The van der Waals surface area contributed by atoms with Crippen molar-refractivity contribution in [2.24, 2.45) is 0 Å². The predicted octanol–water partition coefficient (Wildman–Crippen LogP) is 2.69. The zero-order chi connectivity index (χ0) is 14.0. The van der Waals surface area contributed by atoms with E-state index in [-0.39, 0.29) is 11.6 Å². The second kappa shape index (κ2) is 5.10. The quantitative estimate of drug-likeness (QED) is 0.897. The van der Waals surface area contributed by atoms with Crippen LogP contribution in [0.15, 0.2) is 18.2 Å². The van der Waals surface area contributed by atoms with Crippen LogP contribution in [0, 0.1) is 11.3 Å². The first-order valence-corrected chi connectivity index (χ1v) is 5.96. The molecule has 0 amide bonds. The van der Waals surface area contributed by atoms with Crippen molar-refractivity contribution in [1.29, 1.82) is 5.26 Å². The standard InChI is InChI=1S/C13H14F3N3/c1-19-5-4-11(8-19)18-10-3-2-9(7-17)12(6-10)13(14,15)16/h2-3,6,11,18H,4-5,8H2,1H3. The molecule has 0 bridgehead atoms. The van der Waals surface area contributed by atoms with Gasteiger partial charge < -0.3 is 10.2 Å². The molecule has 102 valence electrons. The summed E-state index contributed by atoms with van der Waals surface area (Å²) < 4.78 is 38.4. The Labute approximate surface area is 109 Å². The minimum Gasteiger partial charge on any atom is -0.381 e. The lowest BCUT2D eigenvalue weighted by molar-refractivity contribution is -0.137. The molecule has 1 atom stereocenters. The van der Waals surface area contributed by atoms with Crippen LogP contribution in [-0.2, 0) is 6.18 Å². The summed E-state index contributed by atoms with van der Waals surface area (Å²) in [5.74, 6) is 0. The topological polar surface area (TPSA) is 39.1 Å². The number of likely N-dealkylation sites (N-methyl/N-ethyl adjacent to an activating group) is 1. The molecule has 0 aromatic heterocycles. The molecule has 1 aliphatic heterocycles. The fourth-order valence-corrected chi connectivity index (χ4v) is 2.25. The fourth-order valence-electron chi connectivity index (χ4n) is 2.25.